The van der Waals surface area contributed by atoms with E-state index < -0.39 is 6.10 Å². The molecule has 0 saturated carbocycles. The van der Waals surface area contributed by atoms with Crippen LogP contribution < -0.4 is 4.74 Å². The highest BCUT2D eigenvalue weighted by Gasteiger charge is 2.08. The molecule has 1 atom stereocenters. The molecule has 2 heteroatoms. The number of rotatable bonds is 6. The van der Waals surface area contributed by atoms with Gasteiger partial charge in [-0.15, -0.1) is 0 Å². The van der Waals surface area contributed by atoms with Crippen LogP contribution in [-0.4, -0.2) is 11.7 Å². The van der Waals surface area contributed by atoms with Gasteiger partial charge in [0.25, 0.3) is 0 Å². The summed E-state index contributed by atoms with van der Waals surface area (Å²) in [5.41, 5.74) is 2.04. The summed E-state index contributed by atoms with van der Waals surface area (Å²) in [4.78, 5) is 0. The molecule has 0 fully saturated rings. The molecule has 0 heterocycles. The maximum atomic E-state index is 9.62. The minimum atomic E-state index is -0.471. The lowest BCUT2D eigenvalue weighted by molar-refractivity contribution is 0.190. The molecule has 0 saturated heterocycles. The zero-order valence-corrected chi connectivity index (χ0v) is 10.5. The van der Waals surface area contributed by atoms with Gasteiger partial charge in [-0.1, -0.05) is 31.9 Å². The van der Waals surface area contributed by atoms with Gasteiger partial charge in [-0.25, -0.2) is 0 Å². The molecule has 0 aliphatic heterocycles. The van der Waals surface area contributed by atoms with E-state index in [0.29, 0.717) is 0 Å². The van der Waals surface area contributed by atoms with Crippen LogP contribution in [0.4, 0.5) is 0 Å². The van der Waals surface area contributed by atoms with Crippen LogP contribution in [0.3, 0.4) is 0 Å². The maximum absolute atomic E-state index is 9.62. The summed E-state index contributed by atoms with van der Waals surface area (Å²) in [6.45, 7) is 6.71. The Morgan fingerprint density at radius 3 is 2.69 bits per heavy atom. The topological polar surface area (TPSA) is 29.5 Å². The molecule has 0 aromatic heterocycles. The van der Waals surface area contributed by atoms with Crippen LogP contribution in [0.15, 0.2) is 18.2 Å². The first-order valence-corrected chi connectivity index (χ1v) is 6.06. The second-order valence-electron chi connectivity index (χ2n) is 4.27. The molecule has 1 N–H and O–H groups in total. The average Bonchev–Trinajstić information content (AvgIpc) is 2.24. The first-order chi connectivity index (χ1) is 7.65. The summed E-state index contributed by atoms with van der Waals surface area (Å²) in [5.74, 6) is 0.825. The van der Waals surface area contributed by atoms with Crippen LogP contribution in [0, 0.1) is 6.92 Å². The number of hydrogen-bond acceptors (Lipinski definition) is 2. The molecule has 0 amide bonds. The Morgan fingerprint density at radius 1 is 1.31 bits per heavy atom. The van der Waals surface area contributed by atoms with Crippen molar-refractivity contribution in [3.63, 3.8) is 0 Å². The Hall–Kier alpha value is -1.02. The van der Waals surface area contributed by atoms with Crippen molar-refractivity contribution in [2.45, 2.75) is 46.1 Å². The third-order valence-corrected chi connectivity index (χ3v) is 2.62. The second-order valence-corrected chi connectivity index (χ2v) is 4.27. The first-order valence-electron chi connectivity index (χ1n) is 6.06. The van der Waals surface area contributed by atoms with Crippen LogP contribution >= 0.6 is 0 Å². The van der Waals surface area contributed by atoms with Gasteiger partial charge in [0.05, 0.1) is 12.7 Å². The number of benzene rings is 1. The van der Waals surface area contributed by atoms with E-state index in [9.17, 15) is 5.11 Å². The Morgan fingerprint density at radius 2 is 2.06 bits per heavy atom. The van der Waals surface area contributed by atoms with Gasteiger partial charge in [-0.2, -0.15) is 0 Å². The minimum Gasteiger partial charge on any atom is -0.493 e. The first kappa shape index (κ1) is 13.0. The van der Waals surface area contributed by atoms with Gasteiger partial charge in [0.2, 0.25) is 0 Å². The summed E-state index contributed by atoms with van der Waals surface area (Å²) in [5, 5.41) is 9.62. The molecule has 0 spiro atoms. The molecule has 16 heavy (non-hydrogen) atoms. The molecular formula is C14H22O2. The van der Waals surface area contributed by atoms with Crippen molar-refractivity contribution in [2.24, 2.45) is 0 Å². The van der Waals surface area contributed by atoms with Gasteiger partial charge in [-0.05, 0) is 31.9 Å². The van der Waals surface area contributed by atoms with Gasteiger partial charge in [0, 0.05) is 5.56 Å². The third kappa shape index (κ3) is 3.86. The fraction of sp³-hybridized carbons (Fsp3) is 0.571. The van der Waals surface area contributed by atoms with E-state index in [0.717, 1.165) is 29.9 Å². The smallest absolute Gasteiger partial charge is 0.125 e. The summed E-state index contributed by atoms with van der Waals surface area (Å²) in [7, 11) is 0. The lowest BCUT2D eigenvalue weighted by Crippen LogP contribution is -2.02. The van der Waals surface area contributed by atoms with E-state index in [4.69, 9.17) is 4.74 Å². The SMILES string of the molecule is CCCCCOc1cc(C)ccc1[C@@H](C)O. The van der Waals surface area contributed by atoms with Crippen molar-refractivity contribution in [1.29, 1.82) is 0 Å². The van der Waals surface area contributed by atoms with E-state index in [2.05, 4.69) is 6.92 Å². The number of aliphatic hydroxyl groups excluding tert-OH is 1. The highest BCUT2D eigenvalue weighted by atomic mass is 16.5. The van der Waals surface area contributed by atoms with Crippen LogP contribution in [0.1, 0.15) is 50.3 Å². The zero-order chi connectivity index (χ0) is 12.0. The molecular weight excluding hydrogens is 200 g/mol. The number of ether oxygens (including phenoxy) is 1. The quantitative estimate of drug-likeness (QED) is 0.745. The van der Waals surface area contributed by atoms with Gasteiger partial charge in [0.1, 0.15) is 5.75 Å². The molecule has 2 nitrogen and oxygen atoms in total. The van der Waals surface area contributed by atoms with Crippen molar-refractivity contribution in [3.05, 3.63) is 29.3 Å². The van der Waals surface area contributed by atoms with Crippen molar-refractivity contribution in [1.82, 2.24) is 0 Å². The van der Waals surface area contributed by atoms with Gasteiger partial charge < -0.3 is 9.84 Å². The lowest BCUT2D eigenvalue weighted by atomic mass is 10.1. The summed E-state index contributed by atoms with van der Waals surface area (Å²) in [6.07, 6.45) is 2.99. The third-order valence-electron chi connectivity index (χ3n) is 2.62. The Kier molecular flexibility index (Phi) is 5.33. The van der Waals surface area contributed by atoms with Crippen molar-refractivity contribution < 1.29 is 9.84 Å². The largest absolute Gasteiger partial charge is 0.493 e. The standard InChI is InChI=1S/C14H22O2/c1-4-5-6-9-16-14-10-11(2)7-8-13(14)12(3)15/h7-8,10,12,15H,4-6,9H2,1-3H3/t12-/m1/s1. The zero-order valence-electron chi connectivity index (χ0n) is 10.5. The van der Waals surface area contributed by atoms with E-state index in [-0.39, 0.29) is 0 Å². The molecule has 1 aromatic carbocycles. The highest BCUT2D eigenvalue weighted by Crippen LogP contribution is 2.26. The molecule has 0 aliphatic rings. The van der Waals surface area contributed by atoms with Gasteiger partial charge >= 0.3 is 0 Å². The van der Waals surface area contributed by atoms with E-state index in [1.807, 2.05) is 25.1 Å². The lowest BCUT2D eigenvalue weighted by Gasteiger charge is -2.14. The van der Waals surface area contributed by atoms with E-state index in [1.165, 1.54) is 12.8 Å². The number of aryl methyl sites for hydroxylation is 1. The molecule has 1 rings (SSSR count). The monoisotopic (exact) mass is 222 g/mol. The number of unbranched alkanes of at least 4 members (excludes halogenated alkanes) is 2. The molecule has 0 unspecified atom stereocenters. The minimum absolute atomic E-state index is 0.471. The molecule has 0 aliphatic carbocycles. The fourth-order valence-corrected chi connectivity index (χ4v) is 1.65. The Labute approximate surface area is 98.3 Å². The summed E-state index contributed by atoms with van der Waals surface area (Å²) < 4.78 is 5.72. The van der Waals surface area contributed by atoms with Crippen molar-refractivity contribution in [3.8, 4) is 5.75 Å². The normalized spacial score (nSPS) is 12.5. The van der Waals surface area contributed by atoms with E-state index >= 15 is 0 Å². The van der Waals surface area contributed by atoms with Crippen molar-refractivity contribution in [2.75, 3.05) is 6.61 Å². The number of aliphatic hydroxyl groups is 1. The van der Waals surface area contributed by atoms with Crippen LogP contribution in [0.25, 0.3) is 0 Å². The summed E-state index contributed by atoms with van der Waals surface area (Å²) in [6, 6.07) is 5.93. The van der Waals surface area contributed by atoms with Crippen LogP contribution in [0.5, 0.6) is 5.75 Å². The Balaban J connectivity index is 2.65. The number of hydrogen-bond donors (Lipinski definition) is 1. The fourth-order valence-electron chi connectivity index (χ4n) is 1.65. The van der Waals surface area contributed by atoms with Crippen molar-refractivity contribution >= 4 is 0 Å². The van der Waals surface area contributed by atoms with Gasteiger partial charge in [0.15, 0.2) is 0 Å². The summed E-state index contributed by atoms with van der Waals surface area (Å²) >= 11 is 0. The van der Waals surface area contributed by atoms with E-state index in [1.54, 1.807) is 6.92 Å². The van der Waals surface area contributed by atoms with Gasteiger partial charge in [-0.3, -0.25) is 0 Å². The molecule has 1 aromatic rings. The predicted molar refractivity (Wildman–Crippen MR) is 66.8 cm³/mol. The second kappa shape index (κ2) is 6.54. The predicted octanol–water partition coefficient (Wildman–Crippen LogP) is 3.62. The average molecular weight is 222 g/mol. The maximum Gasteiger partial charge on any atom is 0.125 e. The van der Waals surface area contributed by atoms with Crippen LogP contribution in [0.2, 0.25) is 0 Å². The molecule has 0 radical (unpaired) electrons. The molecule has 0 bridgehead atoms. The Bertz CT molecular complexity index is 319. The van der Waals surface area contributed by atoms with Crippen LogP contribution in [-0.2, 0) is 0 Å². The highest BCUT2D eigenvalue weighted by molar-refractivity contribution is 5.38. The molecule has 90 valence electrons.